The van der Waals surface area contributed by atoms with Gasteiger partial charge in [0.15, 0.2) is 15.0 Å². The van der Waals surface area contributed by atoms with Crippen LogP contribution in [-0.4, -0.2) is 56.6 Å². The molecule has 0 aliphatic heterocycles. The molecule has 1 amide bonds. The summed E-state index contributed by atoms with van der Waals surface area (Å²) in [6, 6.07) is 10.8. The van der Waals surface area contributed by atoms with Crippen LogP contribution in [0.3, 0.4) is 0 Å². The predicted molar refractivity (Wildman–Crippen MR) is 140 cm³/mol. The van der Waals surface area contributed by atoms with Gasteiger partial charge in [-0.05, 0) is 70.6 Å². The molecule has 0 fully saturated rings. The second-order valence-electron chi connectivity index (χ2n) is 8.64. The first-order chi connectivity index (χ1) is 15.0. The van der Waals surface area contributed by atoms with Crippen molar-refractivity contribution in [3.63, 3.8) is 0 Å². The van der Waals surface area contributed by atoms with Crippen LogP contribution in [0, 0.1) is 13.8 Å². The van der Waals surface area contributed by atoms with Gasteiger partial charge >= 0.3 is 0 Å². The molecule has 9 heteroatoms. The molecule has 2 aromatic carbocycles. The minimum absolute atomic E-state index is 0. The molecule has 0 saturated carbocycles. The Hall–Kier alpha value is -2.00. The maximum absolute atomic E-state index is 13.3. The Bertz CT molecular complexity index is 1180. The second kappa shape index (κ2) is 11.0. The highest BCUT2D eigenvalue weighted by Crippen LogP contribution is 2.33. The molecule has 0 spiro atoms. The highest BCUT2D eigenvalue weighted by Gasteiger charge is 2.22. The first kappa shape index (κ1) is 27.2. The largest absolute Gasteiger partial charge is 0.308 e. The first-order valence-corrected chi connectivity index (χ1v) is 13.0. The van der Waals surface area contributed by atoms with Gasteiger partial charge in [-0.1, -0.05) is 35.6 Å². The van der Waals surface area contributed by atoms with Gasteiger partial charge in [0.1, 0.15) is 0 Å². The number of nitrogens with zero attached hydrogens (tertiary/aromatic N) is 3. The van der Waals surface area contributed by atoms with Gasteiger partial charge in [0, 0.05) is 13.1 Å². The molecule has 0 unspecified atom stereocenters. The fourth-order valence-electron chi connectivity index (χ4n) is 3.33. The number of rotatable bonds is 8. The lowest BCUT2D eigenvalue weighted by Crippen LogP contribution is -2.37. The Morgan fingerprint density at radius 1 is 1.00 bits per heavy atom. The fourth-order valence-corrected chi connectivity index (χ4v) is 5.54. The quantitative estimate of drug-likeness (QED) is 0.442. The van der Waals surface area contributed by atoms with E-state index in [-0.39, 0.29) is 29.6 Å². The zero-order valence-electron chi connectivity index (χ0n) is 20.0. The summed E-state index contributed by atoms with van der Waals surface area (Å²) in [5.74, 6) is -0.0549. The number of fused-ring (bicyclic) bond motifs is 1. The lowest BCUT2D eigenvalue weighted by atomic mass is 10.1. The number of hydrogen-bond acceptors (Lipinski definition) is 6. The smallest absolute Gasteiger partial charge is 0.233 e. The van der Waals surface area contributed by atoms with E-state index in [2.05, 4.69) is 19.1 Å². The summed E-state index contributed by atoms with van der Waals surface area (Å²) in [6.07, 6.45) is 0.184. The summed E-state index contributed by atoms with van der Waals surface area (Å²) in [6.45, 7) is 8.66. The number of sulfone groups is 1. The summed E-state index contributed by atoms with van der Waals surface area (Å²) in [4.78, 5) is 22.2. The summed E-state index contributed by atoms with van der Waals surface area (Å²) in [5.41, 5.74) is 3.96. The maximum atomic E-state index is 13.3. The van der Waals surface area contributed by atoms with E-state index in [4.69, 9.17) is 4.98 Å². The topological polar surface area (TPSA) is 70.6 Å². The second-order valence-corrected chi connectivity index (χ2v) is 12.1. The van der Waals surface area contributed by atoms with Gasteiger partial charge < -0.3 is 4.90 Å². The van der Waals surface area contributed by atoms with Crippen LogP contribution >= 0.6 is 23.7 Å². The third-order valence-electron chi connectivity index (χ3n) is 5.46. The highest BCUT2D eigenvalue weighted by atomic mass is 35.5. The van der Waals surface area contributed by atoms with Crippen LogP contribution in [0.5, 0.6) is 0 Å². The van der Waals surface area contributed by atoms with Crippen LogP contribution in [0.15, 0.2) is 41.3 Å². The zero-order valence-corrected chi connectivity index (χ0v) is 22.4. The van der Waals surface area contributed by atoms with Crippen LogP contribution in [0.4, 0.5) is 5.13 Å². The van der Waals surface area contributed by atoms with Gasteiger partial charge in [0.2, 0.25) is 5.91 Å². The number of likely N-dealkylation sites (N-methyl/N-ethyl adjacent to an activating group) is 1. The molecule has 3 rings (SSSR count). The third kappa shape index (κ3) is 6.12. The molecule has 0 N–H and O–H groups in total. The number of thiazole rings is 1. The molecule has 0 bridgehead atoms. The summed E-state index contributed by atoms with van der Waals surface area (Å²) < 4.78 is 25.8. The number of benzene rings is 2. The van der Waals surface area contributed by atoms with E-state index >= 15 is 0 Å². The number of hydrogen-bond donors (Lipinski definition) is 0. The Balaban J connectivity index is 0.00000385. The number of carbonyl (C=O) groups excluding carboxylic acids is 1. The van der Waals surface area contributed by atoms with Crippen molar-refractivity contribution in [1.29, 1.82) is 0 Å². The molecule has 33 heavy (non-hydrogen) atoms. The van der Waals surface area contributed by atoms with Gasteiger partial charge in [-0.2, -0.15) is 0 Å². The van der Waals surface area contributed by atoms with Gasteiger partial charge in [0.05, 0.1) is 26.8 Å². The average molecular weight is 510 g/mol. The summed E-state index contributed by atoms with van der Waals surface area (Å²) in [5, 5.41) is 0.214. The van der Waals surface area contributed by atoms with Crippen molar-refractivity contribution >= 4 is 54.8 Å². The SMILES string of the molecule is Cc1ccc(C)c2sc(N(CCN(C)C)C(=O)Cc3ccc(S(=O)(=O)C(C)C)cc3)nc12.Cl. The van der Waals surface area contributed by atoms with E-state index in [0.717, 1.165) is 26.9 Å². The average Bonchev–Trinajstić information content (AvgIpc) is 3.17. The lowest BCUT2D eigenvalue weighted by molar-refractivity contribution is -0.118. The molecule has 0 saturated heterocycles. The standard InChI is InChI=1S/C24H31N3O3S2.ClH/c1-16(2)32(29,30)20-11-9-19(10-12-20)15-21(28)27(14-13-26(5)6)24-25-22-17(3)7-8-18(4)23(22)31-24;/h7-12,16H,13-15H2,1-6H3;1H. The van der Waals surface area contributed by atoms with E-state index in [1.807, 2.05) is 25.9 Å². The minimum Gasteiger partial charge on any atom is -0.308 e. The number of aromatic nitrogens is 1. The number of anilines is 1. The molecule has 0 aliphatic carbocycles. The van der Waals surface area contributed by atoms with Crippen molar-refractivity contribution in [1.82, 2.24) is 9.88 Å². The van der Waals surface area contributed by atoms with Crippen LogP contribution in [0.1, 0.15) is 30.5 Å². The Labute approximate surface area is 207 Å². The molecule has 0 atom stereocenters. The third-order valence-corrected chi connectivity index (χ3v) is 8.85. The van der Waals surface area contributed by atoms with Crippen molar-refractivity contribution in [3.8, 4) is 0 Å². The molecule has 1 heterocycles. The van der Waals surface area contributed by atoms with Gasteiger partial charge in [-0.25, -0.2) is 13.4 Å². The number of aryl methyl sites for hydroxylation is 2. The molecule has 0 radical (unpaired) electrons. The molecule has 180 valence electrons. The summed E-state index contributed by atoms with van der Waals surface area (Å²) in [7, 11) is 0.619. The van der Waals surface area contributed by atoms with Crippen molar-refractivity contribution in [2.24, 2.45) is 0 Å². The van der Waals surface area contributed by atoms with Crippen molar-refractivity contribution < 1.29 is 13.2 Å². The highest BCUT2D eigenvalue weighted by molar-refractivity contribution is 7.92. The molecule has 3 aromatic rings. The van der Waals surface area contributed by atoms with Gasteiger partial charge in [-0.15, -0.1) is 12.4 Å². The van der Waals surface area contributed by atoms with Crippen LogP contribution < -0.4 is 4.90 Å². The monoisotopic (exact) mass is 509 g/mol. The fraction of sp³-hybridized carbons (Fsp3) is 0.417. The maximum Gasteiger partial charge on any atom is 0.233 e. The lowest BCUT2D eigenvalue weighted by Gasteiger charge is -2.22. The van der Waals surface area contributed by atoms with Crippen molar-refractivity contribution in [2.45, 2.75) is 44.3 Å². The van der Waals surface area contributed by atoms with E-state index in [1.54, 1.807) is 54.3 Å². The Morgan fingerprint density at radius 2 is 1.61 bits per heavy atom. The number of carbonyl (C=O) groups is 1. The molecule has 6 nitrogen and oxygen atoms in total. The van der Waals surface area contributed by atoms with E-state index in [0.29, 0.717) is 18.2 Å². The van der Waals surface area contributed by atoms with E-state index in [1.165, 1.54) is 0 Å². The van der Waals surface area contributed by atoms with Crippen LogP contribution in [0.2, 0.25) is 0 Å². The molecule has 0 aliphatic rings. The number of halogens is 1. The normalized spacial score (nSPS) is 11.8. The first-order valence-electron chi connectivity index (χ1n) is 10.7. The van der Waals surface area contributed by atoms with Gasteiger partial charge in [0.25, 0.3) is 0 Å². The van der Waals surface area contributed by atoms with E-state index < -0.39 is 15.1 Å². The minimum atomic E-state index is -3.33. The van der Waals surface area contributed by atoms with Crippen molar-refractivity contribution in [2.75, 3.05) is 32.1 Å². The van der Waals surface area contributed by atoms with Crippen LogP contribution in [0.25, 0.3) is 10.2 Å². The van der Waals surface area contributed by atoms with Gasteiger partial charge in [-0.3, -0.25) is 9.69 Å². The molecule has 1 aromatic heterocycles. The van der Waals surface area contributed by atoms with Crippen molar-refractivity contribution in [3.05, 3.63) is 53.1 Å². The van der Waals surface area contributed by atoms with E-state index in [9.17, 15) is 13.2 Å². The Morgan fingerprint density at radius 3 is 2.15 bits per heavy atom. The molecular formula is C24H32ClN3O3S2. The summed E-state index contributed by atoms with van der Waals surface area (Å²) >= 11 is 1.54. The van der Waals surface area contributed by atoms with Crippen LogP contribution in [-0.2, 0) is 21.1 Å². The predicted octanol–water partition coefficient (Wildman–Crippen LogP) is 4.65. The zero-order chi connectivity index (χ0) is 23.6. The molecular weight excluding hydrogens is 478 g/mol. The Kier molecular flexibility index (Phi) is 9.04. The number of amides is 1.